The SMILES string of the molecule is COc1ccc(C=Cc2ccccn2)cc1. The summed E-state index contributed by atoms with van der Waals surface area (Å²) in [5, 5.41) is 0. The van der Waals surface area contributed by atoms with E-state index < -0.39 is 0 Å². The Balaban J connectivity index is 2.12. The van der Waals surface area contributed by atoms with Crippen LogP contribution in [0.25, 0.3) is 12.2 Å². The van der Waals surface area contributed by atoms with E-state index in [-0.39, 0.29) is 0 Å². The van der Waals surface area contributed by atoms with E-state index in [1.54, 1.807) is 13.3 Å². The van der Waals surface area contributed by atoms with E-state index in [9.17, 15) is 0 Å². The number of ether oxygens (including phenoxy) is 1. The maximum atomic E-state index is 5.10. The summed E-state index contributed by atoms with van der Waals surface area (Å²) in [4.78, 5) is 4.22. The van der Waals surface area contributed by atoms with Crippen LogP contribution in [0.3, 0.4) is 0 Å². The van der Waals surface area contributed by atoms with Gasteiger partial charge in [-0.15, -0.1) is 0 Å². The molecule has 0 aliphatic rings. The molecule has 2 aromatic rings. The first-order valence-electron chi connectivity index (χ1n) is 5.11. The van der Waals surface area contributed by atoms with Crippen molar-refractivity contribution < 1.29 is 4.74 Å². The molecule has 1 aromatic carbocycles. The third-order valence-corrected chi connectivity index (χ3v) is 2.25. The van der Waals surface area contributed by atoms with Crippen molar-refractivity contribution in [3.05, 3.63) is 59.9 Å². The van der Waals surface area contributed by atoms with Gasteiger partial charge >= 0.3 is 0 Å². The second-order valence-corrected chi connectivity index (χ2v) is 3.36. The van der Waals surface area contributed by atoms with E-state index >= 15 is 0 Å². The number of rotatable bonds is 3. The maximum absolute atomic E-state index is 5.10. The molecular formula is C14H13NO. The topological polar surface area (TPSA) is 22.1 Å². The van der Waals surface area contributed by atoms with Gasteiger partial charge in [-0.3, -0.25) is 4.98 Å². The van der Waals surface area contributed by atoms with Crippen LogP contribution in [0.1, 0.15) is 11.3 Å². The van der Waals surface area contributed by atoms with Crippen LogP contribution in [-0.4, -0.2) is 12.1 Å². The van der Waals surface area contributed by atoms with Gasteiger partial charge in [0.1, 0.15) is 5.75 Å². The zero-order valence-electron chi connectivity index (χ0n) is 9.13. The summed E-state index contributed by atoms with van der Waals surface area (Å²) < 4.78 is 5.10. The fraction of sp³-hybridized carbons (Fsp3) is 0.0714. The molecule has 80 valence electrons. The van der Waals surface area contributed by atoms with Crippen LogP contribution in [0.5, 0.6) is 5.75 Å². The van der Waals surface area contributed by atoms with Crippen LogP contribution in [0.2, 0.25) is 0 Å². The van der Waals surface area contributed by atoms with Crippen molar-refractivity contribution in [2.24, 2.45) is 0 Å². The summed E-state index contributed by atoms with van der Waals surface area (Å²) >= 11 is 0. The predicted molar refractivity (Wildman–Crippen MR) is 66.2 cm³/mol. The minimum atomic E-state index is 0.870. The molecule has 0 amide bonds. The van der Waals surface area contributed by atoms with Gasteiger partial charge in [-0.25, -0.2) is 0 Å². The minimum Gasteiger partial charge on any atom is -0.497 e. The Kier molecular flexibility index (Phi) is 3.34. The molecule has 2 rings (SSSR count). The van der Waals surface area contributed by atoms with Gasteiger partial charge < -0.3 is 4.74 Å². The lowest BCUT2D eigenvalue weighted by molar-refractivity contribution is 0.415. The highest BCUT2D eigenvalue weighted by Gasteiger charge is 1.90. The minimum absolute atomic E-state index is 0.870. The number of nitrogens with zero attached hydrogens (tertiary/aromatic N) is 1. The lowest BCUT2D eigenvalue weighted by atomic mass is 10.2. The van der Waals surface area contributed by atoms with Gasteiger partial charge in [-0.1, -0.05) is 24.3 Å². The van der Waals surface area contributed by atoms with Gasteiger partial charge in [-0.05, 0) is 35.9 Å². The van der Waals surface area contributed by atoms with Crippen LogP contribution in [0.4, 0.5) is 0 Å². The van der Waals surface area contributed by atoms with Crippen molar-refractivity contribution in [1.82, 2.24) is 4.98 Å². The molecule has 0 aliphatic carbocycles. The number of methoxy groups -OCH3 is 1. The second-order valence-electron chi connectivity index (χ2n) is 3.36. The Labute approximate surface area is 95.2 Å². The summed E-state index contributed by atoms with van der Waals surface area (Å²) in [7, 11) is 1.67. The van der Waals surface area contributed by atoms with Crippen molar-refractivity contribution in [1.29, 1.82) is 0 Å². The number of hydrogen-bond acceptors (Lipinski definition) is 2. The monoisotopic (exact) mass is 211 g/mol. The van der Waals surface area contributed by atoms with Crippen molar-refractivity contribution in [2.75, 3.05) is 7.11 Å². The fourth-order valence-corrected chi connectivity index (χ4v) is 1.37. The number of aromatic nitrogens is 1. The van der Waals surface area contributed by atoms with Crippen molar-refractivity contribution in [3.63, 3.8) is 0 Å². The third-order valence-electron chi connectivity index (χ3n) is 2.25. The Morgan fingerprint density at radius 3 is 2.44 bits per heavy atom. The van der Waals surface area contributed by atoms with E-state index in [1.807, 2.05) is 54.6 Å². The lowest BCUT2D eigenvalue weighted by Crippen LogP contribution is -1.81. The maximum Gasteiger partial charge on any atom is 0.118 e. The number of benzene rings is 1. The molecule has 0 N–H and O–H groups in total. The third kappa shape index (κ3) is 2.70. The summed E-state index contributed by atoms with van der Waals surface area (Å²) in [6.07, 6.45) is 5.80. The molecule has 0 fully saturated rings. The molecule has 0 spiro atoms. The molecule has 1 aromatic heterocycles. The molecule has 1 heterocycles. The average Bonchev–Trinajstić information content (AvgIpc) is 2.38. The predicted octanol–water partition coefficient (Wildman–Crippen LogP) is 3.26. The Bertz CT molecular complexity index is 460. The van der Waals surface area contributed by atoms with Crippen molar-refractivity contribution >= 4 is 12.2 Å². The van der Waals surface area contributed by atoms with Gasteiger partial charge in [0.05, 0.1) is 12.8 Å². The highest BCUT2D eigenvalue weighted by Crippen LogP contribution is 2.13. The highest BCUT2D eigenvalue weighted by atomic mass is 16.5. The molecule has 0 unspecified atom stereocenters. The molecule has 2 nitrogen and oxygen atoms in total. The van der Waals surface area contributed by atoms with Gasteiger partial charge in [0, 0.05) is 6.20 Å². The summed E-state index contributed by atoms with van der Waals surface area (Å²) in [6, 6.07) is 13.8. The van der Waals surface area contributed by atoms with Crippen LogP contribution < -0.4 is 4.74 Å². The van der Waals surface area contributed by atoms with Gasteiger partial charge in [0.25, 0.3) is 0 Å². The van der Waals surface area contributed by atoms with Gasteiger partial charge in [0.15, 0.2) is 0 Å². The quantitative estimate of drug-likeness (QED) is 0.777. The molecule has 0 radical (unpaired) electrons. The van der Waals surface area contributed by atoms with Gasteiger partial charge in [0.2, 0.25) is 0 Å². The molecule has 0 saturated carbocycles. The summed E-state index contributed by atoms with van der Waals surface area (Å²) in [6.45, 7) is 0. The smallest absolute Gasteiger partial charge is 0.118 e. The molecule has 0 aliphatic heterocycles. The van der Waals surface area contributed by atoms with E-state index in [4.69, 9.17) is 4.74 Å². The molecule has 2 heteroatoms. The van der Waals surface area contributed by atoms with E-state index in [0.29, 0.717) is 0 Å². The summed E-state index contributed by atoms with van der Waals surface area (Å²) in [5.41, 5.74) is 2.09. The first kappa shape index (κ1) is 10.4. The highest BCUT2D eigenvalue weighted by molar-refractivity contribution is 5.68. The first-order chi connectivity index (χ1) is 7.88. The fourth-order valence-electron chi connectivity index (χ4n) is 1.37. The first-order valence-corrected chi connectivity index (χ1v) is 5.11. The second kappa shape index (κ2) is 5.12. The zero-order chi connectivity index (χ0) is 11.2. The number of pyridine rings is 1. The van der Waals surface area contributed by atoms with Crippen LogP contribution in [0.15, 0.2) is 48.7 Å². The van der Waals surface area contributed by atoms with Crippen molar-refractivity contribution in [3.8, 4) is 5.75 Å². The Morgan fingerprint density at radius 2 is 1.81 bits per heavy atom. The molecule has 0 atom stereocenters. The average molecular weight is 211 g/mol. The van der Waals surface area contributed by atoms with Crippen LogP contribution in [-0.2, 0) is 0 Å². The molecule has 0 bridgehead atoms. The van der Waals surface area contributed by atoms with Crippen molar-refractivity contribution in [2.45, 2.75) is 0 Å². The van der Waals surface area contributed by atoms with E-state index in [2.05, 4.69) is 4.98 Å². The Hall–Kier alpha value is -2.09. The molecular weight excluding hydrogens is 198 g/mol. The van der Waals surface area contributed by atoms with Crippen LogP contribution >= 0.6 is 0 Å². The largest absolute Gasteiger partial charge is 0.497 e. The van der Waals surface area contributed by atoms with Crippen LogP contribution in [0, 0.1) is 0 Å². The van der Waals surface area contributed by atoms with E-state index in [1.165, 1.54) is 0 Å². The number of hydrogen-bond donors (Lipinski definition) is 0. The summed E-state index contributed by atoms with van der Waals surface area (Å²) in [5.74, 6) is 0.870. The Morgan fingerprint density at radius 1 is 1.00 bits per heavy atom. The lowest BCUT2D eigenvalue weighted by Gasteiger charge is -1.98. The molecule has 16 heavy (non-hydrogen) atoms. The zero-order valence-corrected chi connectivity index (χ0v) is 9.13. The normalized spacial score (nSPS) is 10.6. The standard InChI is InChI=1S/C14H13NO/c1-16-14-9-6-12(7-10-14)5-8-13-4-2-3-11-15-13/h2-11H,1H3. The van der Waals surface area contributed by atoms with Gasteiger partial charge in [-0.2, -0.15) is 0 Å². The van der Waals surface area contributed by atoms with E-state index in [0.717, 1.165) is 17.0 Å². The molecule has 0 saturated heterocycles.